The quantitative estimate of drug-likeness (QED) is 0.514. The van der Waals surface area contributed by atoms with Crippen molar-refractivity contribution in [3.63, 3.8) is 0 Å². The summed E-state index contributed by atoms with van der Waals surface area (Å²) in [5.41, 5.74) is 6.83. The van der Waals surface area contributed by atoms with Gasteiger partial charge in [0.25, 0.3) is 11.8 Å². The highest BCUT2D eigenvalue weighted by Gasteiger charge is 2.32. The summed E-state index contributed by atoms with van der Waals surface area (Å²) in [5, 5.41) is 0. The maximum Gasteiger partial charge on any atom is 0.261 e. The lowest BCUT2D eigenvalue weighted by Crippen LogP contribution is -2.24. The highest BCUT2D eigenvalue weighted by atomic mass is 35.5. The molecule has 4 nitrogen and oxygen atoms in total. The van der Waals surface area contributed by atoms with Crippen molar-refractivity contribution in [3.8, 4) is 0 Å². The molecule has 5 heteroatoms. The molecule has 1 aliphatic rings. The van der Waals surface area contributed by atoms with E-state index in [1.165, 1.54) is 13.1 Å². The summed E-state index contributed by atoms with van der Waals surface area (Å²) in [4.78, 5) is 23.9. The van der Waals surface area contributed by atoms with Crippen molar-refractivity contribution in [1.82, 2.24) is 4.90 Å². The van der Waals surface area contributed by atoms with Crippen LogP contribution >= 0.6 is 12.4 Å². The monoisotopic (exact) mass is 212 g/mol. The fraction of sp³-hybridized carbons (Fsp3) is 0.111. The van der Waals surface area contributed by atoms with Gasteiger partial charge in [-0.2, -0.15) is 0 Å². The standard InChI is InChI=1S/C9H8N2O2.ClH/c1-11-8(12)6-3-2-5(10)4-7(6)9(11)13;/h2-4H,10H2,1H3;1H. The minimum atomic E-state index is -0.285. The van der Waals surface area contributed by atoms with Gasteiger partial charge < -0.3 is 5.73 Å². The molecule has 0 aliphatic carbocycles. The van der Waals surface area contributed by atoms with Gasteiger partial charge in [0.2, 0.25) is 0 Å². The number of benzene rings is 1. The molecule has 0 fully saturated rings. The maximum atomic E-state index is 11.4. The number of fused-ring (bicyclic) bond motifs is 1. The predicted octanol–water partition coefficient (Wildman–Crippen LogP) is 0.916. The predicted molar refractivity (Wildman–Crippen MR) is 54.5 cm³/mol. The summed E-state index contributed by atoms with van der Waals surface area (Å²) < 4.78 is 0. The average Bonchev–Trinajstić information content (AvgIpc) is 2.32. The molecule has 0 atom stereocenters. The number of imide groups is 1. The number of nitrogens with two attached hydrogens (primary N) is 1. The average molecular weight is 213 g/mol. The molecule has 0 aromatic heterocycles. The van der Waals surface area contributed by atoms with Gasteiger partial charge in [-0.25, -0.2) is 0 Å². The third-order valence-electron chi connectivity index (χ3n) is 2.11. The molecule has 1 heterocycles. The van der Waals surface area contributed by atoms with Crippen molar-refractivity contribution in [1.29, 1.82) is 0 Å². The fourth-order valence-corrected chi connectivity index (χ4v) is 1.38. The Hall–Kier alpha value is -1.55. The summed E-state index contributed by atoms with van der Waals surface area (Å²) in [7, 11) is 1.46. The van der Waals surface area contributed by atoms with Crippen LogP contribution in [-0.4, -0.2) is 23.8 Å². The zero-order valence-electron chi connectivity index (χ0n) is 7.48. The van der Waals surface area contributed by atoms with E-state index >= 15 is 0 Å². The summed E-state index contributed by atoms with van der Waals surface area (Å²) in [6.07, 6.45) is 0. The van der Waals surface area contributed by atoms with Gasteiger partial charge in [-0.05, 0) is 18.2 Å². The van der Waals surface area contributed by atoms with Gasteiger partial charge in [0.15, 0.2) is 0 Å². The normalized spacial score (nSPS) is 13.9. The van der Waals surface area contributed by atoms with E-state index in [-0.39, 0.29) is 24.2 Å². The Balaban J connectivity index is 0.000000980. The van der Waals surface area contributed by atoms with Crippen LogP contribution in [0.3, 0.4) is 0 Å². The molecule has 2 amide bonds. The van der Waals surface area contributed by atoms with Crippen LogP contribution in [0.15, 0.2) is 18.2 Å². The van der Waals surface area contributed by atoms with E-state index in [1.54, 1.807) is 12.1 Å². The third-order valence-corrected chi connectivity index (χ3v) is 2.11. The van der Waals surface area contributed by atoms with E-state index in [1.807, 2.05) is 0 Å². The lowest BCUT2D eigenvalue weighted by atomic mass is 10.1. The Morgan fingerprint density at radius 1 is 1.14 bits per heavy atom. The minimum Gasteiger partial charge on any atom is -0.399 e. The van der Waals surface area contributed by atoms with Crippen molar-refractivity contribution < 1.29 is 9.59 Å². The number of carbonyl (C=O) groups is 2. The van der Waals surface area contributed by atoms with Gasteiger partial charge in [0.05, 0.1) is 11.1 Å². The highest BCUT2D eigenvalue weighted by Crippen LogP contribution is 2.23. The largest absolute Gasteiger partial charge is 0.399 e. The Morgan fingerprint density at radius 3 is 2.36 bits per heavy atom. The van der Waals surface area contributed by atoms with E-state index in [2.05, 4.69) is 0 Å². The number of nitrogens with zero attached hydrogens (tertiary/aromatic N) is 1. The second-order valence-electron chi connectivity index (χ2n) is 2.97. The SMILES string of the molecule is CN1C(=O)c2ccc(N)cc2C1=O.Cl. The van der Waals surface area contributed by atoms with Gasteiger partial charge in [-0.15, -0.1) is 12.4 Å². The molecule has 0 saturated heterocycles. The molecule has 74 valence electrons. The van der Waals surface area contributed by atoms with Gasteiger partial charge in [-0.1, -0.05) is 0 Å². The number of hydrogen-bond donors (Lipinski definition) is 1. The molecule has 0 saturated carbocycles. The topological polar surface area (TPSA) is 63.4 Å². The molecule has 0 unspecified atom stereocenters. The molecule has 1 aromatic rings. The molecule has 1 aromatic carbocycles. The van der Waals surface area contributed by atoms with Gasteiger partial charge >= 0.3 is 0 Å². The van der Waals surface area contributed by atoms with E-state index < -0.39 is 0 Å². The van der Waals surface area contributed by atoms with Gasteiger partial charge in [0.1, 0.15) is 0 Å². The highest BCUT2D eigenvalue weighted by molar-refractivity contribution is 6.21. The number of nitrogen functional groups attached to an aromatic ring is 1. The Morgan fingerprint density at radius 2 is 1.71 bits per heavy atom. The Labute approximate surface area is 87.1 Å². The first-order valence-electron chi connectivity index (χ1n) is 3.83. The van der Waals surface area contributed by atoms with Crippen LogP contribution in [0, 0.1) is 0 Å². The first-order valence-corrected chi connectivity index (χ1v) is 3.83. The van der Waals surface area contributed by atoms with E-state index in [0.29, 0.717) is 16.8 Å². The van der Waals surface area contributed by atoms with Crippen molar-refractivity contribution in [3.05, 3.63) is 29.3 Å². The summed E-state index contributed by atoms with van der Waals surface area (Å²) in [5.74, 6) is -0.549. The number of amides is 2. The molecule has 14 heavy (non-hydrogen) atoms. The summed E-state index contributed by atoms with van der Waals surface area (Å²) in [6.45, 7) is 0. The van der Waals surface area contributed by atoms with Gasteiger partial charge in [-0.3, -0.25) is 14.5 Å². The van der Waals surface area contributed by atoms with E-state index in [9.17, 15) is 9.59 Å². The van der Waals surface area contributed by atoms with Crippen LogP contribution in [0.25, 0.3) is 0 Å². The third kappa shape index (κ3) is 1.24. The lowest BCUT2D eigenvalue weighted by molar-refractivity contribution is 0.0693. The van der Waals surface area contributed by atoms with Crippen LogP contribution in [0.2, 0.25) is 0 Å². The van der Waals surface area contributed by atoms with Crippen molar-refractivity contribution in [2.75, 3.05) is 12.8 Å². The zero-order chi connectivity index (χ0) is 9.59. The summed E-state index contributed by atoms with van der Waals surface area (Å²) >= 11 is 0. The van der Waals surface area contributed by atoms with Crippen LogP contribution in [0.1, 0.15) is 20.7 Å². The lowest BCUT2D eigenvalue weighted by Gasteiger charge is -2.02. The fourth-order valence-electron chi connectivity index (χ4n) is 1.38. The number of hydrogen-bond acceptors (Lipinski definition) is 3. The van der Waals surface area contributed by atoms with Crippen molar-refractivity contribution in [2.45, 2.75) is 0 Å². The number of anilines is 1. The van der Waals surface area contributed by atoms with Crippen LogP contribution in [0.5, 0.6) is 0 Å². The second-order valence-corrected chi connectivity index (χ2v) is 2.97. The second kappa shape index (κ2) is 3.31. The number of carbonyl (C=O) groups excluding carboxylic acids is 2. The van der Waals surface area contributed by atoms with Crippen molar-refractivity contribution >= 4 is 29.9 Å². The smallest absolute Gasteiger partial charge is 0.261 e. The molecular weight excluding hydrogens is 204 g/mol. The van der Waals surface area contributed by atoms with Crippen LogP contribution in [0.4, 0.5) is 5.69 Å². The Bertz CT molecular complexity index is 417. The molecule has 2 N–H and O–H groups in total. The van der Waals surface area contributed by atoms with Crippen molar-refractivity contribution in [2.24, 2.45) is 0 Å². The van der Waals surface area contributed by atoms with E-state index in [0.717, 1.165) is 4.90 Å². The van der Waals surface area contributed by atoms with E-state index in [4.69, 9.17) is 5.73 Å². The molecule has 1 aliphatic heterocycles. The summed E-state index contributed by atoms with van der Waals surface area (Å²) in [6, 6.07) is 4.72. The first kappa shape index (κ1) is 10.5. The minimum absolute atomic E-state index is 0. The van der Waals surface area contributed by atoms with Crippen LogP contribution < -0.4 is 5.73 Å². The first-order chi connectivity index (χ1) is 6.11. The number of halogens is 1. The number of rotatable bonds is 0. The van der Waals surface area contributed by atoms with Crippen LogP contribution in [-0.2, 0) is 0 Å². The zero-order valence-corrected chi connectivity index (χ0v) is 8.30. The molecule has 0 bridgehead atoms. The molecule has 2 rings (SSSR count). The van der Waals surface area contributed by atoms with Gasteiger partial charge in [0, 0.05) is 12.7 Å². The Kier molecular flexibility index (Phi) is 2.49. The molecule has 0 radical (unpaired) electrons. The maximum absolute atomic E-state index is 11.4. The molecular formula is C9H9ClN2O2. The molecule has 0 spiro atoms.